The number of carbonyl (C=O) groups is 1. The summed E-state index contributed by atoms with van der Waals surface area (Å²) >= 11 is 0. The third kappa shape index (κ3) is 6.28. The fourth-order valence-electron chi connectivity index (χ4n) is 4.99. The van der Waals surface area contributed by atoms with Crippen LogP contribution in [0.15, 0.2) is 67.1 Å². The molecule has 4 heterocycles. The summed E-state index contributed by atoms with van der Waals surface area (Å²) in [5.74, 6) is 0.603. The van der Waals surface area contributed by atoms with E-state index in [-0.39, 0.29) is 11.7 Å². The van der Waals surface area contributed by atoms with Crippen LogP contribution in [-0.4, -0.2) is 68.2 Å². The molecule has 0 spiro atoms. The summed E-state index contributed by atoms with van der Waals surface area (Å²) in [5.41, 5.74) is 6.33. The molecule has 0 fully saturated rings. The normalized spacial score (nSPS) is 11.5. The Labute approximate surface area is 253 Å². The Morgan fingerprint density at radius 2 is 1.93 bits per heavy atom. The standard InChI is InChI=1S/C33H33FN8O2/c1-4-5-9-30(43)37-23-13-21(17-35-18-23)28-16-26-29(19-36-28)40-41-32(26)33-38-27-8-6-7-25(31(27)39-33)20-12-22(34)15-24(14-20)44-11-10-42(2)3/h6-8,12-19H,4-5,9-11H2,1-3H3,(H,37,43)(H,38,39)(H,40,41). The highest BCUT2D eigenvalue weighted by Crippen LogP contribution is 2.34. The van der Waals surface area contributed by atoms with Gasteiger partial charge in [0, 0.05) is 41.7 Å². The first-order valence-corrected chi connectivity index (χ1v) is 14.5. The number of unbranched alkanes of at least 4 members (excludes halogenated alkanes) is 1. The number of H-pyrrole nitrogens is 2. The number of halogens is 1. The third-order valence-corrected chi connectivity index (χ3v) is 7.25. The number of amides is 1. The fraction of sp³-hybridized carbons (Fsp3) is 0.242. The highest BCUT2D eigenvalue weighted by Gasteiger charge is 2.17. The number of likely N-dealkylation sites (N-methyl/N-ethyl adjacent to an activating group) is 1. The van der Waals surface area contributed by atoms with Crippen LogP contribution < -0.4 is 10.1 Å². The molecular weight excluding hydrogens is 559 g/mol. The van der Waals surface area contributed by atoms with E-state index in [0.29, 0.717) is 52.8 Å². The maximum Gasteiger partial charge on any atom is 0.224 e. The third-order valence-electron chi connectivity index (χ3n) is 7.25. The summed E-state index contributed by atoms with van der Waals surface area (Å²) < 4.78 is 20.5. The molecule has 0 atom stereocenters. The molecule has 0 saturated carbocycles. The van der Waals surface area contributed by atoms with Crippen LogP contribution in [0.5, 0.6) is 5.75 Å². The van der Waals surface area contributed by atoms with E-state index in [1.165, 1.54) is 12.1 Å². The number of hydrogen-bond acceptors (Lipinski definition) is 7. The maximum atomic E-state index is 14.7. The first-order valence-electron chi connectivity index (χ1n) is 14.5. The van der Waals surface area contributed by atoms with Gasteiger partial charge in [0.15, 0.2) is 5.82 Å². The van der Waals surface area contributed by atoms with E-state index in [1.807, 2.05) is 55.4 Å². The van der Waals surface area contributed by atoms with Crippen molar-refractivity contribution < 1.29 is 13.9 Å². The van der Waals surface area contributed by atoms with Crippen LogP contribution in [0.1, 0.15) is 26.2 Å². The lowest BCUT2D eigenvalue weighted by Crippen LogP contribution is -2.19. The van der Waals surface area contributed by atoms with Crippen molar-refractivity contribution in [1.29, 1.82) is 0 Å². The van der Waals surface area contributed by atoms with Crippen molar-refractivity contribution in [3.63, 3.8) is 0 Å². The summed E-state index contributed by atoms with van der Waals surface area (Å²) in [6, 6.07) is 14.2. The van der Waals surface area contributed by atoms with Gasteiger partial charge in [0.05, 0.1) is 40.3 Å². The van der Waals surface area contributed by atoms with Crippen LogP contribution in [0.25, 0.3) is 55.8 Å². The van der Waals surface area contributed by atoms with Gasteiger partial charge in [0.2, 0.25) is 5.91 Å². The summed E-state index contributed by atoms with van der Waals surface area (Å²) in [6.45, 7) is 3.22. The lowest BCUT2D eigenvalue weighted by molar-refractivity contribution is -0.116. The monoisotopic (exact) mass is 592 g/mol. The zero-order valence-corrected chi connectivity index (χ0v) is 24.8. The van der Waals surface area contributed by atoms with Gasteiger partial charge in [-0.3, -0.25) is 19.9 Å². The Hall–Kier alpha value is -5.16. The van der Waals surface area contributed by atoms with Crippen LogP contribution in [0, 0.1) is 5.82 Å². The molecule has 0 aliphatic carbocycles. The van der Waals surface area contributed by atoms with Gasteiger partial charge in [0.1, 0.15) is 23.9 Å². The van der Waals surface area contributed by atoms with Crippen molar-refractivity contribution in [3.05, 3.63) is 72.9 Å². The van der Waals surface area contributed by atoms with Gasteiger partial charge in [-0.2, -0.15) is 5.10 Å². The molecule has 0 bridgehead atoms. The second-order valence-electron chi connectivity index (χ2n) is 10.9. The minimum absolute atomic E-state index is 0.0399. The zero-order valence-electron chi connectivity index (χ0n) is 24.8. The lowest BCUT2D eigenvalue weighted by atomic mass is 10.0. The number of imidazole rings is 1. The minimum Gasteiger partial charge on any atom is -0.492 e. The summed E-state index contributed by atoms with van der Waals surface area (Å²) in [6.07, 6.45) is 7.30. The van der Waals surface area contributed by atoms with Crippen molar-refractivity contribution >= 4 is 33.5 Å². The van der Waals surface area contributed by atoms with E-state index < -0.39 is 0 Å². The second-order valence-corrected chi connectivity index (χ2v) is 10.9. The molecule has 0 saturated heterocycles. The molecule has 0 aliphatic heterocycles. The second kappa shape index (κ2) is 12.6. The first-order chi connectivity index (χ1) is 21.4. The van der Waals surface area contributed by atoms with Gasteiger partial charge in [-0.25, -0.2) is 9.37 Å². The average Bonchev–Trinajstić information content (AvgIpc) is 3.63. The van der Waals surface area contributed by atoms with Crippen LogP contribution >= 0.6 is 0 Å². The topological polar surface area (TPSA) is 125 Å². The molecule has 1 amide bonds. The number of para-hydroxylation sites is 1. The van der Waals surface area contributed by atoms with Gasteiger partial charge in [-0.1, -0.05) is 25.5 Å². The molecular formula is C33H33FN8O2. The van der Waals surface area contributed by atoms with E-state index in [4.69, 9.17) is 9.72 Å². The number of hydrogen-bond donors (Lipinski definition) is 3. The quantitative estimate of drug-likeness (QED) is 0.158. The number of benzene rings is 2. The minimum atomic E-state index is -0.382. The van der Waals surface area contributed by atoms with E-state index in [2.05, 4.69) is 37.4 Å². The average molecular weight is 593 g/mol. The molecule has 4 aromatic heterocycles. The maximum absolute atomic E-state index is 14.7. The number of carbonyl (C=O) groups excluding carboxylic acids is 1. The van der Waals surface area contributed by atoms with Crippen LogP contribution in [0.2, 0.25) is 0 Å². The molecule has 44 heavy (non-hydrogen) atoms. The molecule has 6 aromatic rings. The van der Waals surface area contributed by atoms with Crippen molar-refractivity contribution in [2.24, 2.45) is 0 Å². The smallest absolute Gasteiger partial charge is 0.224 e. The van der Waals surface area contributed by atoms with E-state index in [1.54, 1.807) is 18.6 Å². The predicted octanol–water partition coefficient (Wildman–Crippen LogP) is 6.44. The Kier molecular flexibility index (Phi) is 8.29. The Balaban J connectivity index is 1.33. The number of pyridine rings is 2. The Bertz CT molecular complexity index is 1950. The molecule has 0 unspecified atom stereocenters. The van der Waals surface area contributed by atoms with Gasteiger partial charge in [-0.05, 0) is 56.4 Å². The molecule has 0 radical (unpaired) electrons. The molecule has 2 aromatic carbocycles. The van der Waals surface area contributed by atoms with E-state index in [0.717, 1.165) is 46.9 Å². The first kappa shape index (κ1) is 28.9. The number of aromatic nitrogens is 6. The number of anilines is 1. The molecule has 6 rings (SSSR count). The van der Waals surface area contributed by atoms with Crippen molar-refractivity contribution in [2.45, 2.75) is 26.2 Å². The van der Waals surface area contributed by atoms with Gasteiger partial charge >= 0.3 is 0 Å². The molecule has 10 nitrogen and oxygen atoms in total. The van der Waals surface area contributed by atoms with Crippen LogP contribution in [-0.2, 0) is 4.79 Å². The molecule has 11 heteroatoms. The van der Waals surface area contributed by atoms with Crippen molar-refractivity contribution in [2.75, 3.05) is 32.6 Å². The summed E-state index contributed by atoms with van der Waals surface area (Å²) in [4.78, 5) is 31.4. The van der Waals surface area contributed by atoms with E-state index >= 15 is 0 Å². The summed E-state index contributed by atoms with van der Waals surface area (Å²) in [5, 5.41) is 11.3. The Morgan fingerprint density at radius 3 is 2.77 bits per heavy atom. The van der Waals surface area contributed by atoms with Gasteiger partial charge < -0.3 is 19.9 Å². The Morgan fingerprint density at radius 1 is 1.05 bits per heavy atom. The van der Waals surface area contributed by atoms with Gasteiger partial charge in [0.25, 0.3) is 0 Å². The number of rotatable bonds is 11. The zero-order chi connectivity index (χ0) is 30.6. The number of aromatic amines is 2. The van der Waals surface area contributed by atoms with Crippen LogP contribution in [0.3, 0.4) is 0 Å². The highest BCUT2D eigenvalue weighted by molar-refractivity contribution is 5.98. The SMILES string of the molecule is CCCCC(=O)Nc1cncc(-c2cc3c(-c4nc5c(-c6cc(F)cc(OCCN(C)C)c6)cccc5[nH]4)n[nH]c3cn2)c1. The molecule has 224 valence electrons. The highest BCUT2D eigenvalue weighted by atomic mass is 19.1. The molecule has 3 N–H and O–H groups in total. The number of nitrogens with one attached hydrogen (secondary N) is 3. The number of ether oxygens (including phenoxy) is 1. The number of fused-ring (bicyclic) bond motifs is 2. The molecule has 0 aliphatic rings. The summed E-state index contributed by atoms with van der Waals surface area (Å²) in [7, 11) is 3.92. The number of nitrogens with zero attached hydrogens (tertiary/aromatic N) is 5. The largest absolute Gasteiger partial charge is 0.492 e. The van der Waals surface area contributed by atoms with Gasteiger partial charge in [-0.15, -0.1) is 0 Å². The fourth-order valence-corrected chi connectivity index (χ4v) is 4.99. The lowest BCUT2D eigenvalue weighted by Gasteiger charge is -2.12. The predicted molar refractivity (Wildman–Crippen MR) is 170 cm³/mol. The van der Waals surface area contributed by atoms with Crippen molar-refractivity contribution in [3.8, 4) is 39.7 Å². The van der Waals surface area contributed by atoms with E-state index in [9.17, 15) is 9.18 Å². The van der Waals surface area contributed by atoms with Crippen LogP contribution in [0.4, 0.5) is 10.1 Å². The van der Waals surface area contributed by atoms with Crippen molar-refractivity contribution in [1.82, 2.24) is 35.0 Å².